The van der Waals surface area contributed by atoms with Crippen molar-refractivity contribution in [1.82, 2.24) is 9.97 Å². The average molecular weight is 358 g/mol. The van der Waals surface area contributed by atoms with E-state index < -0.39 is 23.9 Å². The first-order valence-electron chi connectivity index (χ1n) is 7.59. The summed E-state index contributed by atoms with van der Waals surface area (Å²) >= 11 is 0. The van der Waals surface area contributed by atoms with Gasteiger partial charge in [0.2, 0.25) is 0 Å². The summed E-state index contributed by atoms with van der Waals surface area (Å²) in [6, 6.07) is 4.89. The van der Waals surface area contributed by atoms with Crippen LogP contribution in [0, 0.1) is 5.92 Å². The van der Waals surface area contributed by atoms with Gasteiger partial charge in [0.1, 0.15) is 11.4 Å². The molecule has 0 fully saturated rings. The van der Waals surface area contributed by atoms with Crippen LogP contribution in [0.4, 0.5) is 17.6 Å². The molecule has 0 aliphatic rings. The lowest BCUT2D eigenvalue weighted by atomic mass is 9.83. The van der Waals surface area contributed by atoms with E-state index in [0.717, 1.165) is 12.1 Å². The fourth-order valence-corrected chi connectivity index (χ4v) is 2.47. The highest BCUT2D eigenvalue weighted by molar-refractivity contribution is 5.36. The lowest BCUT2D eigenvalue weighted by molar-refractivity contribution is -0.253. The quantitative estimate of drug-likeness (QED) is 0.761. The van der Waals surface area contributed by atoms with E-state index in [1.165, 1.54) is 30.7 Å². The molecule has 0 radical (unpaired) electrons. The van der Waals surface area contributed by atoms with Crippen molar-refractivity contribution in [2.45, 2.75) is 38.4 Å². The van der Waals surface area contributed by atoms with Crippen LogP contribution in [0.3, 0.4) is 0 Å². The van der Waals surface area contributed by atoms with Crippen LogP contribution in [-0.4, -0.2) is 27.6 Å². The second-order valence-corrected chi connectivity index (χ2v) is 6.04. The van der Waals surface area contributed by atoms with Gasteiger partial charge in [-0.1, -0.05) is 26.0 Å². The van der Waals surface area contributed by atoms with Gasteiger partial charge in [0.15, 0.2) is 0 Å². The van der Waals surface area contributed by atoms with Gasteiger partial charge in [-0.25, -0.2) is 0 Å². The van der Waals surface area contributed by atoms with E-state index in [4.69, 9.17) is 0 Å². The zero-order chi connectivity index (χ0) is 18.7. The van der Waals surface area contributed by atoms with E-state index >= 15 is 0 Å². The Labute approximate surface area is 142 Å². The molecule has 25 heavy (non-hydrogen) atoms. The van der Waals surface area contributed by atoms with E-state index in [2.05, 4.69) is 14.7 Å². The molecule has 1 N–H and O–H groups in total. The second kappa shape index (κ2) is 7.35. The zero-order valence-electron chi connectivity index (χ0n) is 13.7. The molecule has 1 heterocycles. The third-order valence-corrected chi connectivity index (χ3v) is 3.53. The van der Waals surface area contributed by atoms with E-state index in [-0.39, 0.29) is 5.92 Å². The molecule has 0 bridgehead atoms. The van der Waals surface area contributed by atoms with E-state index in [1.807, 2.05) is 13.8 Å². The second-order valence-electron chi connectivity index (χ2n) is 6.04. The third-order valence-electron chi connectivity index (χ3n) is 3.53. The molecule has 2 rings (SSSR count). The van der Waals surface area contributed by atoms with Crippen molar-refractivity contribution in [2.75, 3.05) is 0 Å². The zero-order valence-corrected chi connectivity index (χ0v) is 13.7. The number of aliphatic hydroxyl groups is 1. The molecule has 0 spiro atoms. The van der Waals surface area contributed by atoms with E-state index in [9.17, 15) is 22.7 Å². The van der Waals surface area contributed by atoms with Crippen molar-refractivity contribution in [1.29, 1.82) is 0 Å². The molecule has 4 nitrogen and oxygen atoms in total. The number of alkyl halides is 4. The Morgan fingerprint density at radius 1 is 1.12 bits per heavy atom. The summed E-state index contributed by atoms with van der Waals surface area (Å²) in [4.78, 5) is 8.06. The van der Waals surface area contributed by atoms with Crippen molar-refractivity contribution in [3.63, 3.8) is 0 Å². The smallest absolute Gasteiger partial charge is 0.428 e. The molecule has 0 aliphatic heterocycles. The molecule has 0 aliphatic carbocycles. The number of ether oxygens (including phenoxy) is 1. The van der Waals surface area contributed by atoms with Gasteiger partial charge in [0, 0.05) is 12.4 Å². The van der Waals surface area contributed by atoms with Crippen LogP contribution >= 0.6 is 0 Å². The van der Waals surface area contributed by atoms with Crippen LogP contribution in [0.5, 0.6) is 5.75 Å². The maximum atomic E-state index is 13.0. The van der Waals surface area contributed by atoms with Crippen LogP contribution in [-0.2, 0) is 5.60 Å². The Balaban J connectivity index is 2.33. The Kier molecular flexibility index (Phi) is 5.62. The van der Waals surface area contributed by atoms with Gasteiger partial charge < -0.3 is 9.84 Å². The summed E-state index contributed by atoms with van der Waals surface area (Å²) in [6.07, 6.45) is -3.91. The predicted octanol–water partition coefficient (Wildman–Crippen LogP) is 4.00. The SMILES string of the molecule is CC(C)CC(O)(c1ccc(OC(F)(F)C(F)F)cc1)c1cnccn1. The monoisotopic (exact) mass is 358 g/mol. The summed E-state index contributed by atoms with van der Waals surface area (Å²) in [5.41, 5.74) is -0.823. The van der Waals surface area contributed by atoms with Gasteiger partial charge >= 0.3 is 12.5 Å². The summed E-state index contributed by atoms with van der Waals surface area (Å²) in [5.74, 6) is -0.341. The highest BCUT2D eigenvalue weighted by Gasteiger charge is 2.44. The number of benzene rings is 1. The summed E-state index contributed by atoms with van der Waals surface area (Å²) in [7, 11) is 0. The molecule has 0 amide bonds. The molecular weight excluding hydrogens is 340 g/mol. The molecule has 1 aromatic carbocycles. The number of aromatic nitrogens is 2. The minimum atomic E-state index is -4.58. The lowest BCUT2D eigenvalue weighted by Gasteiger charge is -2.30. The maximum Gasteiger partial charge on any atom is 0.461 e. The number of rotatable bonds is 7. The Morgan fingerprint density at radius 2 is 1.76 bits per heavy atom. The van der Waals surface area contributed by atoms with Gasteiger partial charge in [-0.2, -0.15) is 17.6 Å². The largest absolute Gasteiger partial charge is 0.461 e. The average Bonchev–Trinajstić information content (AvgIpc) is 2.55. The molecule has 0 saturated carbocycles. The highest BCUT2D eigenvalue weighted by atomic mass is 19.3. The third kappa shape index (κ3) is 4.45. The van der Waals surface area contributed by atoms with Crippen LogP contribution in [0.2, 0.25) is 0 Å². The molecule has 8 heteroatoms. The van der Waals surface area contributed by atoms with Crippen LogP contribution in [0.25, 0.3) is 0 Å². The first-order valence-corrected chi connectivity index (χ1v) is 7.59. The predicted molar refractivity (Wildman–Crippen MR) is 82.5 cm³/mol. The van der Waals surface area contributed by atoms with Gasteiger partial charge in [0.25, 0.3) is 0 Å². The van der Waals surface area contributed by atoms with Crippen molar-refractivity contribution in [2.24, 2.45) is 5.92 Å². The number of halogens is 4. The van der Waals surface area contributed by atoms with Crippen molar-refractivity contribution >= 4 is 0 Å². The van der Waals surface area contributed by atoms with Crippen molar-refractivity contribution < 1.29 is 27.4 Å². The summed E-state index contributed by atoms with van der Waals surface area (Å²) < 4.78 is 54.4. The van der Waals surface area contributed by atoms with Gasteiger partial charge in [-0.05, 0) is 30.0 Å². The Morgan fingerprint density at radius 3 is 2.24 bits per heavy atom. The first kappa shape index (κ1) is 19.1. The topological polar surface area (TPSA) is 55.2 Å². The van der Waals surface area contributed by atoms with E-state index in [1.54, 1.807) is 0 Å². The lowest BCUT2D eigenvalue weighted by Crippen LogP contribution is -2.33. The molecule has 2 aromatic rings. The van der Waals surface area contributed by atoms with Crippen LogP contribution in [0.15, 0.2) is 42.9 Å². The minimum Gasteiger partial charge on any atom is -0.428 e. The standard InChI is InChI=1S/C17H18F4N2O2/c1-11(2)9-16(24,14-10-22-7-8-23-14)12-3-5-13(6-4-12)25-17(20,21)15(18)19/h3-8,10-11,15,24H,9H2,1-2H3. The molecular formula is C17H18F4N2O2. The van der Waals surface area contributed by atoms with E-state index in [0.29, 0.717) is 17.7 Å². The number of nitrogens with zero attached hydrogens (tertiary/aromatic N) is 2. The highest BCUT2D eigenvalue weighted by Crippen LogP contribution is 2.36. The van der Waals surface area contributed by atoms with Crippen molar-refractivity contribution in [3.8, 4) is 5.75 Å². The van der Waals surface area contributed by atoms with Gasteiger partial charge in [-0.3, -0.25) is 9.97 Å². The fraction of sp³-hybridized carbons (Fsp3) is 0.412. The minimum absolute atomic E-state index is 0.0890. The number of hydrogen-bond acceptors (Lipinski definition) is 4. The van der Waals surface area contributed by atoms with Gasteiger partial charge in [0.05, 0.1) is 11.9 Å². The number of hydrogen-bond donors (Lipinski definition) is 1. The molecule has 1 aromatic heterocycles. The van der Waals surface area contributed by atoms with Crippen molar-refractivity contribution in [3.05, 3.63) is 54.1 Å². The van der Waals surface area contributed by atoms with Crippen LogP contribution in [0.1, 0.15) is 31.5 Å². The molecule has 136 valence electrons. The van der Waals surface area contributed by atoms with Gasteiger partial charge in [-0.15, -0.1) is 0 Å². The fourth-order valence-electron chi connectivity index (χ4n) is 2.47. The summed E-state index contributed by atoms with van der Waals surface area (Å²) in [6.45, 7) is 3.81. The Bertz CT molecular complexity index is 681. The Hall–Kier alpha value is -2.22. The molecule has 0 saturated heterocycles. The molecule has 1 atom stereocenters. The maximum absolute atomic E-state index is 13.0. The summed E-state index contributed by atoms with van der Waals surface area (Å²) in [5, 5.41) is 11.1. The first-order chi connectivity index (χ1) is 11.6. The molecule has 1 unspecified atom stereocenters. The van der Waals surface area contributed by atoms with Crippen LogP contribution < -0.4 is 4.74 Å². The normalized spacial score (nSPS) is 14.6.